The second-order valence-electron chi connectivity index (χ2n) is 2.23. The second kappa shape index (κ2) is 2.69. The van der Waals surface area contributed by atoms with Crippen LogP contribution in [0.3, 0.4) is 0 Å². The fourth-order valence-electron chi connectivity index (χ4n) is 0.996. The van der Waals surface area contributed by atoms with Crippen LogP contribution < -0.4 is 0 Å². The first-order chi connectivity index (χ1) is 5.79. The van der Waals surface area contributed by atoms with E-state index < -0.39 is 0 Å². The zero-order valence-corrected chi connectivity index (χ0v) is 7.64. The van der Waals surface area contributed by atoms with Gasteiger partial charge in [0, 0.05) is 0 Å². The topological polar surface area (TPSA) is 56.0 Å². The average molecular weight is 227 g/mol. The molecule has 5 heteroatoms. The number of nitro groups is 1. The third kappa shape index (κ3) is 1.03. The van der Waals surface area contributed by atoms with Gasteiger partial charge in [-0.1, -0.05) is 0 Å². The van der Waals surface area contributed by atoms with Crippen molar-refractivity contribution in [3.05, 3.63) is 33.4 Å². The molecular formula is C7H4N2O2Se. The second-order valence-corrected chi connectivity index (χ2v) is 4.03. The minimum atomic E-state index is -0.352. The summed E-state index contributed by atoms with van der Waals surface area (Å²) in [6, 6.07) is 3.46. The maximum absolute atomic E-state index is 10.5. The predicted molar refractivity (Wildman–Crippen MR) is 45.3 cm³/mol. The van der Waals surface area contributed by atoms with E-state index in [-0.39, 0.29) is 25.1 Å². The van der Waals surface area contributed by atoms with Crippen LogP contribution in [0.4, 0.5) is 5.69 Å². The number of rotatable bonds is 1. The van der Waals surface area contributed by atoms with Gasteiger partial charge in [0.1, 0.15) is 0 Å². The third-order valence-electron chi connectivity index (χ3n) is 1.53. The first-order valence-electron chi connectivity index (χ1n) is 3.25. The van der Waals surface area contributed by atoms with E-state index in [1.54, 1.807) is 23.3 Å². The van der Waals surface area contributed by atoms with Crippen LogP contribution in [0.5, 0.6) is 0 Å². The number of hydrogen-bond donors (Lipinski definition) is 0. The molecule has 0 aliphatic carbocycles. The van der Waals surface area contributed by atoms with Crippen LogP contribution in [-0.4, -0.2) is 24.4 Å². The van der Waals surface area contributed by atoms with Gasteiger partial charge in [0.2, 0.25) is 0 Å². The Labute approximate surface area is 73.7 Å². The van der Waals surface area contributed by atoms with Crippen molar-refractivity contribution in [1.29, 1.82) is 0 Å². The molecule has 4 nitrogen and oxygen atoms in total. The van der Waals surface area contributed by atoms with Crippen LogP contribution in [0.25, 0.3) is 9.78 Å². The zero-order valence-electron chi connectivity index (χ0n) is 5.93. The Balaban J connectivity index is 2.79. The molecule has 12 heavy (non-hydrogen) atoms. The molecule has 2 aromatic rings. The summed E-state index contributed by atoms with van der Waals surface area (Å²) < 4.78 is 0.858. The first-order valence-corrected chi connectivity index (χ1v) is 5.10. The summed E-state index contributed by atoms with van der Waals surface area (Å²) in [5.41, 5.74) is 0.207. The van der Waals surface area contributed by atoms with E-state index in [1.807, 2.05) is 0 Å². The molecule has 0 spiro atoms. The Morgan fingerprint density at radius 3 is 3.17 bits per heavy atom. The van der Waals surface area contributed by atoms with Crippen LogP contribution in [0, 0.1) is 10.1 Å². The van der Waals surface area contributed by atoms with Crippen molar-refractivity contribution in [2.24, 2.45) is 0 Å². The van der Waals surface area contributed by atoms with Crippen molar-refractivity contribution in [3.8, 4) is 0 Å². The number of fused-ring (bicyclic) bond motifs is 1. The molecule has 0 fully saturated rings. The zero-order chi connectivity index (χ0) is 8.55. The summed E-state index contributed by atoms with van der Waals surface area (Å²) in [5, 5.41) is 11.2. The van der Waals surface area contributed by atoms with Crippen LogP contribution in [-0.2, 0) is 0 Å². The van der Waals surface area contributed by atoms with Crippen LogP contribution >= 0.6 is 0 Å². The van der Waals surface area contributed by atoms with Crippen molar-refractivity contribution in [3.63, 3.8) is 0 Å². The SMILES string of the molecule is O=[N+]([O-])c1c[se]c2ncccc12. The summed E-state index contributed by atoms with van der Waals surface area (Å²) >= 11 is 0.0407. The molecule has 0 amide bonds. The summed E-state index contributed by atoms with van der Waals surface area (Å²) in [7, 11) is 0. The van der Waals surface area contributed by atoms with Crippen LogP contribution in [0.2, 0.25) is 0 Å². The Hall–Kier alpha value is -1.19. The van der Waals surface area contributed by atoms with Gasteiger partial charge in [-0.2, -0.15) is 0 Å². The van der Waals surface area contributed by atoms with Gasteiger partial charge in [-0.3, -0.25) is 0 Å². The van der Waals surface area contributed by atoms with E-state index >= 15 is 0 Å². The van der Waals surface area contributed by atoms with Gasteiger partial charge in [-0.05, 0) is 0 Å². The summed E-state index contributed by atoms with van der Waals surface area (Å²) in [6.07, 6.45) is 1.66. The third-order valence-corrected chi connectivity index (χ3v) is 3.39. The molecule has 0 saturated carbocycles. The molecule has 0 atom stereocenters. The molecule has 0 bridgehead atoms. The molecule has 60 valence electrons. The van der Waals surface area contributed by atoms with Crippen molar-refractivity contribution in [2.75, 3.05) is 0 Å². The number of pyridine rings is 1. The predicted octanol–water partition coefficient (Wildman–Crippen LogP) is 1.20. The first kappa shape index (κ1) is 7.46. The molecule has 0 N–H and O–H groups in total. The molecule has 0 aliphatic heterocycles. The van der Waals surface area contributed by atoms with E-state index in [4.69, 9.17) is 0 Å². The fraction of sp³-hybridized carbons (Fsp3) is 0. The summed E-state index contributed by atoms with van der Waals surface area (Å²) in [5.74, 6) is 0. The normalized spacial score (nSPS) is 10.3. The molecule has 2 heterocycles. The van der Waals surface area contributed by atoms with Gasteiger partial charge in [-0.15, -0.1) is 0 Å². The van der Waals surface area contributed by atoms with E-state index in [1.165, 1.54) is 0 Å². The van der Waals surface area contributed by atoms with Gasteiger partial charge in [-0.25, -0.2) is 0 Å². The van der Waals surface area contributed by atoms with Gasteiger partial charge >= 0.3 is 73.3 Å². The van der Waals surface area contributed by atoms with Gasteiger partial charge in [0.15, 0.2) is 0 Å². The Kier molecular flexibility index (Phi) is 1.67. The maximum atomic E-state index is 10.5. The molecule has 0 radical (unpaired) electrons. The number of nitrogens with zero attached hydrogens (tertiary/aromatic N) is 2. The molecular weight excluding hydrogens is 223 g/mol. The molecule has 0 aliphatic rings. The number of hydrogen-bond acceptors (Lipinski definition) is 3. The quantitative estimate of drug-likeness (QED) is 0.418. The average Bonchev–Trinajstić information content (AvgIpc) is 2.47. The van der Waals surface area contributed by atoms with Crippen molar-refractivity contribution in [1.82, 2.24) is 4.98 Å². The molecule has 0 saturated heterocycles. The van der Waals surface area contributed by atoms with Crippen molar-refractivity contribution >= 4 is 30.0 Å². The Morgan fingerprint density at radius 1 is 1.58 bits per heavy atom. The summed E-state index contributed by atoms with van der Waals surface area (Å²) in [6.45, 7) is 0. The van der Waals surface area contributed by atoms with E-state index in [0.29, 0.717) is 5.39 Å². The standard InChI is InChI=1S/C7H4N2O2Se/c10-9(11)6-4-12-7-5(6)2-1-3-8-7/h1-4H. The Bertz CT molecular complexity index is 438. The van der Waals surface area contributed by atoms with Gasteiger partial charge in [0.05, 0.1) is 0 Å². The number of aromatic nitrogens is 1. The molecule has 0 aromatic carbocycles. The van der Waals surface area contributed by atoms with Crippen molar-refractivity contribution < 1.29 is 4.92 Å². The fourth-order valence-corrected chi connectivity index (χ4v) is 2.80. The minimum absolute atomic E-state index is 0.0407. The van der Waals surface area contributed by atoms with Gasteiger partial charge < -0.3 is 0 Å². The monoisotopic (exact) mass is 228 g/mol. The summed E-state index contributed by atoms with van der Waals surface area (Å²) in [4.78, 5) is 15.9. The van der Waals surface area contributed by atoms with E-state index in [0.717, 1.165) is 4.39 Å². The van der Waals surface area contributed by atoms with Crippen molar-refractivity contribution in [2.45, 2.75) is 0 Å². The Morgan fingerprint density at radius 2 is 2.42 bits per heavy atom. The van der Waals surface area contributed by atoms with E-state index in [9.17, 15) is 10.1 Å². The molecule has 2 rings (SSSR count). The van der Waals surface area contributed by atoms with Gasteiger partial charge in [0.25, 0.3) is 0 Å². The van der Waals surface area contributed by atoms with Crippen LogP contribution in [0.1, 0.15) is 0 Å². The molecule has 2 aromatic heterocycles. The van der Waals surface area contributed by atoms with Crippen LogP contribution in [0.15, 0.2) is 23.3 Å². The van der Waals surface area contributed by atoms with E-state index in [2.05, 4.69) is 4.98 Å². The molecule has 0 unspecified atom stereocenters.